The van der Waals surface area contributed by atoms with Gasteiger partial charge in [0.2, 0.25) is 0 Å². The molecule has 3 heterocycles. The number of nitrogens with zero attached hydrogens (tertiary/aromatic N) is 4. The van der Waals surface area contributed by atoms with Crippen LogP contribution in [0.3, 0.4) is 0 Å². The van der Waals surface area contributed by atoms with Gasteiger partial charge in [-0.25, -0.2) is 4.98 Å². The number of thiazole rings is 1. The molecule has 1 atom stereocenters. The van der Waals surface area contributed by atoms with Gasteiger partial charge in [-0.3, -0.25) is 9.58 Å². The van der Waals surface area contributed by atoms with E-state index in [1.54, 1.807) is 11.3 Å². The lowest BCUT2D eigenvalue weighted by atomic mass is 9.95. The summed E-state index contributed by atoms with van der Waals surface area (Å²) in [7, 11) is 0. The molecule has 0 aliphatic carbocycles. The smallest absolute Gasteiger partial charge is 0.123 e. The minimum absolute atomic E-state index is 0.130. The molecule has 1 aromatic carbocycles. The number of aliphatic hydroxyl groups excluding tert-OH is 1. The average molecular weight is 369 g/mol. The molecule has 1 N–H and O–H groups in total. The maximum atomic E-state index is 9.05. The van der Waals surface area contributed by atoms with Crippen LogP contribution >= 0.6 is 11.3 Å². The van der Waals surface area contributed by atoms with E-state index in [1.807, 2.05) is 16.9 Å². The van der Waals surface area contributed by atoms with Crippen LogP contribution in [0, 0.1) is 0 Å². The number of hydrogen-bond donors (Lipinski definition) is 1. The van der Waals surface area contributed by atoms with Crippen molar-refractivity contribution >= 4 is 11.3 Å². The first-order valence-electron chi connectivity index (χ1n) is 9.18. The van der Waals surface area contributed by atoms with Gasteiger partial charge in [-0.15, -0.1) is 11.3 Å². The maximum Gasteiger partial charge on any atom is 0.123 e. The summed E-state index contributed by atoms with van der Waals surface area (Å²) in [6, 6.07) is 12.5. The van der Waals surface area contributed by atoms with E-state index < -0.39 is 0 Å². The fourth-order valence-corrected chi connectivity index (χ4v) is 4.40. The second kappa shape index (κ2) is 8.12. The molecular formula is C20H24N4OS. The highest BCUT2D eigenvalue weighted by Gasteiger charge is 2.23. The highest BCUT2D eigenvalue weighted by molar-refractivity contribution is 7.13. The molecule has 1 fully saturated rings. The second-order valence-electron chi connectivity index (χ2n) is 6.81. The first kappa shape index (κ1) is 17.4. The highest BCUT2D eigenvalue weighted by atomic mass is 32.1. The van der Waals surface area contributed by atoms with E-state index in [4.69, 9.17) is 10.1 Å². The van der Waals surface area contributed by atoms with Crippen molar-refractivity contribution in [2.75, 3.05) is 19.7 Å². The molecule has 1 aliphatic heterocycles. The lowest BCUT2D eigenvalue weighted by Crippen LogP contribution is -2.34. The number of hydrogen-bond acceptors (Lipinski definition) is 5. The first-order chi connectivity index (χ1) is 12.8. The van der Waals surface area contributed by atoms with Gasteiger partial charge < -0.3 is 5.11 Å². The van der Waals surface area contributed by atoms with Crippen LogP contribution < -0.4 is 0 Å². The molecule has 0 saturated carbocycles. The Labute approximate surface area is 157 Å². The maximum absolute atomic E-state index is 9.05. The Hall–Kier alpha value is -2.02. The van der Waals surface area contributed by atoms with E-state index in [-0.39, 0.29) is 6.61 Å². The van der Waals surface area contributed by atoms with Crippen LogP contribution in [-0.4, -0.2) is 44.5 Å². The monoisotopic (exact) mass is 368 g/mol. The van der Waals surface area contributed by atoms with Crippen LogP contribution in [-0.2, 0) is 13.1 Å². The quantitative estimate of drug-likeness (QED) is 0.725. The van der Waals surface area contributed by atoms with Gasteiger partial charge in [-0.05, 0) is 25.5 Å². The van der Waals surface area contributed by atoms with Gasteiger partial charge in [0, 0.05) is 36.1 Å². The molecule has 136 valence electrons. The zero-order valence-electron chi connectivity index (χ0n) is 14.8. The molecule has 1 aliphatic rings. The lowest BCUT2D eigenvalue weighted by Gasteiger charge is -2.31. The Bertz CT molecular complexity index is 829. The van der Waals surface area contributed by atoms with Crippen LogP contribution in [0.5, 0.6) is 0 Å². The van der Waals surface area contributed by atoms with E-state index in [0.717, 1.165) is 36.0 Å². The number of benzene rings is 1. The van der Waals surface area contributed by atoms with Crippen molar-refractivity contribution in [2.24, 2.45) is 0 Å². The summed E-state index contributed by atoms with van der Waals surface area (Å²) < 4.78 is 1.83. The molecule has 6 heteroatoms. The van der Waals surface area contributed by atoms with Crippen molar-refractivity contribution in [2.45, 2.75) is 31.8 Å². The summed E-state index contributed by atoms with van der Waals surface area (Å²) in [5, 5.41) is 17.0. The van der Waals surface area contributed by atoms with E-state index in [0.29, 0.717) is 12.5 Å². The number of likely N-dealkylation sites (tertiary alicyclic amines) is 1. The Kier molecular flexibility index (Phi) is 5.43. The number of aromatic nitrogens is 3. The summed E-state index contributed by atoms with van der Waals surface area (Å²) in [4.78, 5) is 7.32. The third-order valence-electron chi connectivity index (χ3n) is 4.87. The van der Waals surface area contributed by atoms with Gasteiger partial charge in [0.15, 0.2) is 0 Å². The SMILES string of the molecule is OCCn1ccc([C@H]2CCCN(Cc3csc(-c4ccccc4)n3)C2)n1. The third-order valence-corrected chi connectivity index (χ3v) is 5.81. The Morgan fingerprint density at radius 2 is 2.08 bits per heavy atom. The zero-order valence-corrected chi connectivity index (χ0v) is 15.6. The van der Waals surface area contributed by atoms with Crippen molar-refractivity contribution in [1.82, 2.24) is 19.7 Å². The van der Waals surface area contributed by atoms with Crippen LogP contribution in [0.1, 0.15) is 30.1 Å². The van der Waals surface area contributed by atoms with Gasteiger partial charge in [-0.2, -0.15) is 5.10 Å². The molecule has 5 nitrogen and oxygen atoms in total. The number of piperidine rings is 1. The molecule has 1 saturated heterocycles. The summed E-state index contributed by atoms with van der Waals surface area (Å²) in [6.07, 6.45) is 4.34. The zero-order chi connectivity index (χ0) is 17.8. The van der Waals surface area contributed by atoms with Crippen molar-refractivity contribution in [3.8, 4) is 10.6 Å². The molecule has 0 amide bonds. The summed E-state index contributed by atoms with van der Waals surface area (Å²) in [5.41, 5.74) is 3.49. The van der Waals surface area contributed by atoms with Crippen LogP contribution in [0.4, 0.5) is 0 Å². The Morgan fingerprint density at radius 3 is 2.92 bits per heavy atom. The summed E-state index contributed by atoms with van der Waals surface area (Å²) >= 11 is 1.72. The normalized spacial score (nSPS) is 18.3. The van der Waals surface area contributed by atoms with Gasteiger partial charge >= 0.3 is 0 Å². The first-order valence-corrected chi connectivity index (χ1v) is 10.1. The van der Waals surface area contributed by atoms with Crippen molar-refractivity contribution < 1.29 is 5.11 Å². The van der Waals surface area contributed by atoms with Crippen LogP contribution in [0.25, 0.3) is 10.6 Å². The molecule has 0 radical (unpaired) electrons. The fraction of sp³-hybridized carbons (Fsp3) is 0.400. The minimum atomic E-state index is 0.130. The molecule has 4 rings (SSSR count). The van der Waals surface area contributed by atoms with E-state index in [1.165, 1.54) is 18.4 Å². The predicted molar refractivity (Wildman–Crippen MR) is 104 cm³/mol. The van der Waals surface area contributed by atoms with Gasteiger partial charge in [0.05, 0.1) is 24.5 Å². The average Bonchev–Trinajstić information content (AvgIpc) is 3.33. The van der Waals surface area contributed by atoms with Gasteiger partial charge in [0.1, 0.15) is 5.01 Å². The van der Waals surface area contributed by atoms with E-state index in [9.17, 15) is 0 Å². The minimum Gasteiger partial charge on any atom is -0.394 e. The van der Waals surface area contributed by atoms with Crippen LogP contribution in [0.2, 0.25) is 0 Å². The van der Waals surface area contributed by atoms with Crippen molar-refractivity contribution in [1.29, 1.82) is 0 Å². The standard InChI is InChI=1S/C20H24N4OS/c25-12-11-24-10-8-19(22-24)17-7-4-9-23(13-17)14-18-15-26-20(21-18)16-5-2-1-3-6-16/h1-3,5-6,8,10,15,17,25H,4,7,9,11-14H2/t17-/m0/s1. The lowest BCUT2D eigenvalue weighted by molar-refractivity contribution is 0.196. The predicted octanol–water partition coefficient (Wildman–Crippen LogP) is 3.38. The van der Waals surface area contributed by atoms with Crippen LogP contribution in [0.15, 0.2) is 48.0 Å². The Morgan fingerprint density at radius 1 is 1.19 bits per heavy atom. The molecular weight excluding hydrogens is 344 g/mol. The molecule has 0 unspecified atom stereocenters. The van der Waals surface area contributed by atoms with E-state index >= 15 is 0 Å². The molecule has 0 spiro atoms. The second-order valence-corrected chi connectivity index (χ2v) is 7.67. The largest absolute Gasteiger partial charge is 0.394 e. The fourth-order valence-electron chi connectivity index (χ4n) is 3.58. The highest BCUT2D eigenvalue weighted by Crippen LogP contribution is 2.28. The molecule has 3 aromatic rings. The van der Waals surface area contributed by atoms with Gasteiger partial charge in [-0.1, -0.05) is 30.3 Å². The van der Waals surface area contributed by atoms with E-state index in [2.05, 4.69) is 45.7 Å². The molecule has 0 bridgehead atoms. The summed E-state index contributed by atoms with van der Waals surface area (Å²) in [6.45, 7) is 3.74. The number of aliphatic hydroxyl groups is 1. The van der Waals surface area contributed by atoms with Crippen molar-refractivity contribution in [3.05, 3.63) is 59.4 Å². The number of rotatable bonds is 6. The van der Waals surface area contributed by atoms with Gasteiger partial charge in [0.25, 0.3) is 0 Å². The van der Waals surface area contributed by atoms with Crippen molar-refractivity contribution in [3.63, 3.8) is 0 Å². The third kappa shape index (κ3) is 4.03. The summed E-state index contributed by atoms with van der Waals surface area (Å²) in [5.74, 6) is 0.468. The Balaban J connectivity index is 1.40. The molecule has 2 aromatic heterocycles. The topological polar surface area (TPSA) is 54.2 Å². The molecule has 26 heavy (non-hydrogen) atoms.